The van der Waals surface area contributed by atoms with Crippen LogP contribution in [0.3, 0.4) is 0 Å². The standard InChI is InChI=1S/C8H4BrClF3I/c9-7-5(14)2-1-4(3-10)6(7)8(11,12)13/h1-2H,3H2. The summed E-state index contributed by atoms with van der Waals surface area (Å²) in [4.78, 5) is 0. The summed E-state index contributed by atoms with van der Waals surface area (Å²) in [6.07, 6.45) is -4.37. The molecule has 78 valence electrons. The molecule has 0 bridgehead atoms. The summed E-state index contributed by atoms with van der Waals surface area (Å²) in [7, 11) is 0. The Balaban J connectivity index is 3.44. The first-order chi connectivity index (χ1) is 6.38. The summed E-state index contributed by atoms with van der Waals surface area (Å²) in [6, 6.07) is 2.99. The van der Waals surface area contributed by atoms with Gasteiger partial charge in [-0.1, -0.05) is 6.07 Å². The van der Waals surface area contributed by atoms with Gasteiger partial charge in [0.25, 0.3) is 0 Å². The minimum atomic E-state index is -4.37. The van der Waals surface area contributed by atoms with Gasteiger partial charge in [0.15, 0.2) is 0 Å². The summed E-state index contributed by atoms with van der Waals surface area (Å²) >= 11 is 10.2. The number of hydrogen-bond donors (Lipinski definition) is 0. The monoisotopic (exact) mass is 398 g/mol. The maximum Gasteiger partial charge on any atom is 0.417 e. The lowest BCUT2D eigenvalue weighted by Crippen LogP contribution is -2.10. The zero-order valence-corrected chi connectivity index (χ0v) is 11.1. The summed E-state index contributed by atoms with van der Waals surface area (Å²) < 4.78 is 38.3. The highest BCUT2D eigenvalue weighted by Crippen LogP contribution is 2.39. The molecule has 0 saturated carbocycles. The molecule has 0 atom stereocenters. The molecule has 14 heavy (non-hydrogen) atoms. The van der Waals surface area contributed by atoms with Gasteiger partial charge < -0.3 is 0 Å². The predicted octanol–water partition coefficient (Wildman–Crippen LogP) is 4.81. The van der Waals surface area contributed by atoms with Gasteiger partial charge in [0.05, 0.1) is 5.56 Å². The minimum absolute atomic E-state index is 0.0590. The number of alkyl halides is 4. The van der Waals surface area contributed by atoms with E-state index in [4.69, 9.17) is 11.6 Å². The molecule has 1 aromatic carbocycles. The minimum Gasteiger partial charge on any atom is -0.166 e. The molecular formula is C8H4BrClF3I. The van der Waals surface area contributed by atoms with Crippen LogP contribution in [0.4, 0.5) is 13.2 Å². The van der Waals surface area contributed by atoms with Gasteiger partial charge in [-0.3, -0.25) is 0 Å². The summed E-state index contributed by atoms with van der Waals surface area (Å²) in [5, 5.41) is 0. The Kier molecular flexibility index (Phi) is 4.11. The van der Waals surface area contributed by atoms with Gasteiger partial charge >= 0.3 is 6.18 Å². The van der Waals surface area contributed by atoms with E-state index in [0.29, 0.717) is 3.57 Å². The molecule has 1 rings (SSSR count). The fourth-order valence-electron chi connectivity index (χ4n) is 1.01. The molecule has 0 heterocycles. The third-order valence-corrected chi connectivity index (χ3v) is 4.36. The number of hydrogen-bond acceptors (Lipinski definition) is 0. The zero-order valence-electron chi connectivity index (χ0n) is 6.63. The smallest absolute Gasteiger partial charge is 0.166 e. The van der Waals surface area contributed by atoms with E-state index in [1.54, 1.807) is 6.07 Å². The lowest BCUT2D eigenvalue weighted by atomic mass is 10.1. The topological polar surface area (TPSA) is 0 Å². The second-order valence-corrected chi connectivity index (χ2v) is 4.75. The highest BCUT2D eigenvalue weighted by molar-refractivity contribution is 14.1. The summed E-state index contributed by atoms with van der Waals surface area (Å²) in [6.45, 7) is 0. The molecule has 0 amide bonds. The van der Waals surface area contributed by atoms with Crippen molar-refractivity contribution in [1.29, 1.82) is 0 Å². The van der Waals surface area contributed by atoms with E-state index in [1.807, 2.05) is 22.6 Å². The van der Waals surface area contributed by atoms with Gasteiger partial charge in [0.1, 0.15) is 0 Å². The van der Waals surface area contributed by atoms with Gasteiger partial charge in [-0.05, 0) is 50.2 Å². The quantitative estimate of drug-likeness (QED) is 0.470. The van der Waals surface area contributed by atoms with Crippen molar-refractivity contribution in [1.82, 2.24) is 0 Å². The van der Waals surface area contributed by atoms with Crippen molar-refractivity contribution in [2.24, 2.45) is 0 Å². The third-order valence-electron chi connectivity index (χ3n) is 1.61. The van der Waals surface area contributed by atoms with Crippen LogP contribution in [0, 0.1) is 3.57 Å². The second-order valence-electron chi connectivity index (χ2n) is 2.53. The molecule has 0 aromatic heterocycles. The van der Waals surface area contributed by atoms with Gasteiger partial charge in [-0.2, -0.15) is 13.2 Å². The Labute approximate surface area is 106 Å². The van der Waals surface area contributed by atoms with E-state index in [1.165, 1.54) is 6.07 Å². The maximum atomic E-state index is 12.6. The normalized spacial score (nSPS) is 11.9. The van der Waals surface area contributed by atoms with E-state index >= 15 is 0 Å². The van der Waals surface area contributed by atoms with Gasteiger partial charge in [-0.25, -0.2) is 0 Å². The highest BCUT2D eigenvalue weighted by Gasteiger charge is 2.36. The average Bonchev–Trinajstić information content (AvgIpc) is 2.07. The second kappa shape index (κ2) is 4.57. The van der Waals surface area contributed by atoms with Crippen LogP contribution in [0.15, 0.2) is 16.6 Å². The van der Waals surface area contributed by atoms with Crippen LogP contribution in [0.1, 0.15) is 11.1 Å². The lowest BCUT2D eigenvalue weighted by molar-refractivity contribution is -0.138. The summed E-state index contributed by atoms with van der Waals surface area (Å²) in [5.41, 5.74) is -0.592. The Bertz CT molecular complexity index is 351. The zero-order chi connectivity index (χ0) is 10.9. The van der Waals surface area contributed by atoms with E-state index in [-0.39, 0.29) is 15.9 Å². The molecule has 0 nitrogen and oxygen atoms in total. The number of benzene rings is 1. The Morgan fingerprint density at radius 2 is 1.93 bits per heavy atom. The number of halogens is 6. The average molecular weight is 399 g/mol. The largest absolute Gasteiger partial charge is 0.417 e. The molecule has 0 aliphatic carbocycles. The molecule has 0 N–H and O–H groups in total. The lowest BCUT2D eigenvalue weighted by Gasteiger charge is -2.14. The molecule has 0 spiro atoms. The van der Waals surface area contributed by atoms with Crippen molar-refractivity contribution in [2.45, 2.75) is 12.1 Å². The van der Waals surface area contributed by atoms with E-state index in [2.05, 4.69) is 15.9 Å². The van der Waals surface area contributed by atoms with E-state index in [9.17, 15) is 13.2 Å². The van der Waals surface area contributed by atoms with Crippen molar-refractivity contribution in [3.05, 3.63) is 31.3 Å². The van der Waals surface area contributed by atoms with Crippen molar-refractivity contribution in [3.63, 3.8) is 0 Å². The van der Waals surface area contributed by atoms with Crippen LogP contribution >= 0.6 is 50.1 Å². The SMILES string of the molecule is FC(F)(F)c1c(CCl)ccc(I)c1Br. The molecule has 0 fully saturated rings. The highest BCUT2D eigenvalue weighted by atomic mass is 127. The predicted molar refractivity (Wildman–Crippen MR) is 61.4 cm³/mol. The van der Waals surface area contributed by atoms with Crippen molar-refractivity contribution in [3.8, 4) is 0 Å². The molecule has 0 aliphatic heterocycles. The Hall–Kier alpha value is 0.510. The van der Waals surface area contributed by atoms with Crippen LogP contribution in [-0.2, 0) is 12.1 Å². The fourth-order valence-corrected chi connectivity index (χ4v) is 2.29. The van der Waals surface area contributed by atoms with Crippen molar-refractivity contribution in [2.75, 3.05) is 0 Å². The Morgan fingerprint density at radius 1 is 1.36 bits per heavy atom. The molecule has 6 heteroatoms. The maximum absolute atomic E-state index is 12.6. The molecule has 0 unspecified atom stereocenters. The molecule has 0 radical (unpaired) electrons. The van der Waals surface area contributed by atoms with Crippen LogP contribution in [-0.4, -0.2) is 0 Å². The van der Waals surface area contributed by atoms with Crippen LogP contribution in [0.2, 0.25) is 0 Å². The van der Waals surface area contributed by atoms with Gasteiger partial charge in [0, 0.05) is 13.9 Å². The first-order valence-electron chi connectivity index (χ1n) is 3.48. The van der Waals surface area contributed by atoms with E-state index in [0.717, 1.165) is 0 Å². The van der Waals surface area contributed by atoms with Crippen LogP contribution in [0.5, 0.6) is 0 Å². The molecular weight excluding hydrogens is 395 g/mol. The first kappa shape index (κ1) is 12.6. The van der Waals surface area contributed by atoms with Crippen molar-refractivity contribution >= 4 is 50.1 Å². The molecule has 0 saturated heterocycles. The fraction of sp³-hybridized carbons (Fsp3) is 0.250. The van der Waals surface area contributed by atoms with Crippen molar-refractivity contribution < 1.29 is 13.2 Å². The number of rotatable bonds is 1. The van der Waals surface area contributed by atoms with Gasteiger partial charge in [-0.15, -0.1) is 11.6 Å². The van der Waals surface area contributed by atoms with Gasteiger partial charge in [0.2, 0.25) is 0 Å². The molecule has 0 aliphatic rings. The first-order valence-corrected chi connectivity index (χ1v) is 5.88. The van der Waals surface area contributed by atoms with Crippen LogP contribution in [0.25, 0.3) is 0 Å². The summed E-state index contributed by atoms with van der Waals surface area (Å²) in [5.74, 6) is -0.148. The Morgan fingerprint density at radius 3 is 2.36 bits per heavy atom. The third kappa shape index (κ3) is 2.55. The molecule has 1 aromatic rings. The van der Waals surface area contributed by atoms with E-state index < -0.39 is 11.7 Å². The van der Waals surface area contributed by atoms with Crippen LogP contribution < -0.4 is 0 Å².